The third kappa shape index (κ3) is 5.37. The number of rotatable bonds is 5. The molecule has 2 aromatic rings. The Morgan fingerprint density at radius 2 is 1.73 bits per heavy atom. The monoisotopic (exact) mass is 583 g/mol. The van der Waals surface area contributed by atoms with Gasteiger partial charge in [0.2, 0.25) is 0 Å². The van der Waals surface area contributed by atoms with Gasteiger partial charge in [0.15, 0.2) is 5.78 Å². The SMILES string of the molecule is COc1ccc(C2C(C(=O)OC3CCCCC3)=C(C)NC3=C2C(=O)CC(c2ccc(Cl)cc2)C3)cc1Br. The van der Waals surface area contributed by atoms with Gasteiger partial charge >= 0.3 is 5.97 Å². The van der Waals surface area contributed by atoms with E-state index in [9.17, 15) is 9.59 Å². The number of methoxy groups -OCH3 is 1. The van der Waals surface area contributed by atoms with Gasteiger partial charge in [-0.3, -0.25) is 4.79 Å². The first-order valence-electron chi connectivity index (χ1n) is 12.9. The zero-order valence-corrected chi connectivity index (χ0v) is 23.5. The van der Waals surface area contributed by atoms with E-state index in [1.54, 1.807) is 7.11 Å². The third-order valence-electron chi connectivity index (χ3n) is 7.72. The second-order valence-corrected chi connectivity index (χ2v) is 11.4. The fourth-order valence-electron chi connectivity index (χ4n) is 5.87. The largest absolute Gasteiger partial charge is 0.496 e. The average Bonchev–Trinajstić information content (AvgIpc) is 2.88. The van der Waals surface area contributed by atoms with Crippen molar-refractivity contribution in [1.82, 2.24) is 5.32 Å². The van der Waals surface area contributed by atoms with Crippen LogP contribution in [0.4, 0.5) is 0 Å². The lowest BCUT2D eigenvalue weighted by atomic mass is 9.71. The topological polar surface area (TPSA) is 64.6 Å². The number of Topliss-reactive ketones (excluding diaryl/α,β-unsaturated/α-hetero) is 1. The normalized spacial score (nSPS) is 22.4. The maximum atomic E-state index is 13.8. The molecule has 3 aliphatic rings. The standard InChI is InChI=1S/C30H31BrClNO4/c1-17-27(30(35)37-22-6-4-3-5-7-22)28(19-10-13-26(36-2)23(31)14-19)29-24(33-17)15-20(16-25(29)34)18-8-11-21(32)12-9-18/h8-14,20,22,28,33H,3-7,15-16H2,1-2H3. The highest BCUT2D eigenvalue weighted by molar-refractivity contribution is 9.10. The van der Waals surface area contributed by atoms with E-state index >= 15 is 0 Å². The van der Waals surface area contributed by atoms with Crippen LogP contribution in [-0.4, -0.2) is 25.0 Å². The quantitative estimate of drug-likeness (QED) is 0.372. The van der Waals surface area contributed by atoms with Crippen molar-refractivity contribution in [1.29, 1.82) is 0 Å². The van der Waals surface area contributed by atoms with Crippen molar-refractivity contribution in [2.24, 2.45) is 0 Å². The number of nitrogens with one attached hydrogen (secondary N) is 1. The lowest BCUT2D eigenvalue weighted by Gasteiger charge is -2.37. The van der Waals surface area contributed by atoms with Crippen LogP contribution < -0.4 is 10.1 Å². The summed E-state index contributed by atoms with van der Waals surface area (Å²) >= 11 is 9.68. The summed E-state index contributed by atoms with van der Waals surface area (Å²) in [5.41, 5.74) is 4.72. The van der Waals surface area contributed by atoms with E-state index in [1.807, 2.05) is 49.4 Å². The highest BCUT2D eigenvalue weighted by Crippen LogP contribution is 2.47. The molecule has 0 saturated heterocycles. The van der Waals surface area contributed by atoms with E-state index < -0.39 is 5.92 Å². The van der Waals surface area contributed by atoms with Crippen molar-refractivity contribution in [3.05, 3.63) is 85.6 Å². The van der Waals surface area contributed by atoms with Crippen LogP contribution >= 0.6 is 27.5 Å². The Kier molecular flexibility index (Phi) is 7.77. The number of carbonyl (C=O) groups excluding carboxylic acids is 2. The maximum Gasteiger partial charge on any atom is 0.337 e. The Balaban J connectivity index is 1.54. The molecule has 2 atom stereocenters. The number of carbonyl (C=O) groups is 2. The molecule has 1 fully saturated rings. The lowest BCUT2D eigenvalue weighted by molar-refractivity contribution is -0.146. The van der Waals surface area contributed by atoms with Gasteiger partial charge in [-0.2, -0.15) is 0 Å². The Morgan fingerprint density at radius 3 is 2.41 bits per heavy atom. The van der Waals surface area contributed by atoms with Gasteiger partial charge in [0.05, 0.1) is 17.2 Å². The van der Waals surface area contributed by atoms with Crippen molar-refractivity contribution < 1.29 is 19.1 Å². The molecule has 5 rings (SSSR count). The minimum Gasteiger partial charge on any atom is -0.496 e. The predicted molar refractivity (Wildman–Crippen MR) is 148 cm³/mol. The number of benzene rings is 2. The van der Waals surface area contributed by atoms with Crippen LogP contribution in [0.2, 0.25) is 5.02 Å². The number of dihydropyridines is 1. The van der Waals surface area contributed by atoms with Gasteiger partial charge in [-0.05, 0) is 96.3 Å². The summed E-state index contributed by atoms with van der Waals surface area (Å²) in [7, 11) is 1.61. The third-order valence-corrected chi connectivity index (χ3v) is 8.60. The highest BCUT2D eigenvalue weighted by atomic mass is 79.9. The van der Waals surface area contributed by atoms with Crippen molar-refractivity contribution in [2.45, 2.75) is 69.8 Å². The summed E-state index contributed by atoms with van der Waals surface area (Å²) < 4.78 is 12.2. The van der Waals surface area contributed by atoms with E-state index in [1.165, 1.54) is 6.42 Å². The van der Waals surface area contributed by atoms with Crippen LogP contribution in [0.25, 0.3) is 0 Å². The van der Waals surface area contributed by atoms with Gasteiger partial charge in [0.25, 0.3) is 0 Å². The van der Waals surface area contributed by atoms with E-state index in [-0.39, 0.29) is 23.8 Å². The van der Waals surface area contributed by atoms with E-state index in [4.69, 9.17) is 21.1 Å². The van der Waals surface area contributed by atoms with E-state index in [0.717, 1.165) is 52.7 Å². The highest BCUT2D eigenvalue weighted by Gasteiger charge is 2.42. The Bertz CT molecular complexity index is 1280. The van der Waals surface area contributed by atoms with Crippen molar-refractivity contribution >= 4 is 39.3 Å². The number of ether oxygens (including phenoxy) is 2. The van der Waals surface area contributed by atoms with Gasteiger partial charge in [0.1, 0.15) is 11.9 Å². The number of esters is 1. The van der Waals surface area contributed by atoms with Crippen LogP contribution in [0.1, 0.15) is 74.8 Å². The summed E-state index contributed by atoms with van der Waals surface area (Å²) in [4.78, 5) is 27.5. The molecule has 1 saturated carbocycles. The summed E-state index contributed by atoms with van der Waals surface area (Å²) in [6.45, 7) is 1.91. The zero-order valence-electron chi connectivity index (χ0n) is 21.1. The van der Waals surface area contributed by atoms with Gasteiger partial charge < -0.3 is 14.8 Å². The molecule has 2 aromatic carbocycles. The fourth-order valence-corrected chi connectivity index (χ4v) is 6.56. The van der Waals surface area contributed by atoms with Gasteiger partial charge in [0, 0.05) is 34.3 Å². The molecule has 0 amide bonds. The first-order chi connectivity index (χ1) is 17.9. The van der Waals surface area contributed by atoms with Crippen LogP contribution in [0.3, 0.4) is 0 Å². The number of hydrogen-bond donors (Lipinski definition) is 1. The van der Waals surface area contributed by atoms with Gasteiger partial charge in [-0.1, -0.05) is 36.2 Å². The van der Waals surface area contributed by atoms with Crippen molar-refractivity contribution in [3.8, 4) is 5.75 Å². The molecule has 0 bridgehead atoms. The maximum absolute atomic E-state index is 13.8. The molecule has 1 aliphatic heterocycles. The molecule has 7 heteroatoms. The number of hydrogen-bond acceptors (Lipinski definition) is 5. The second kappa shape index (κ2) is 11.0. The van der Waals surface area contributed by atoms with Gasteiger partial charge in [-0.15, -0.1) is 0 Å². The van der Waals surface area contributed by atoms with Crippen LogP contribution in [-0.2, 0) is 14.3 Å². The molecular formula is C30H31BrClNO4. The zero-order chi connectivity index (χ0) is 26.1. The van der Waals surface area contributed by atoms with Gasteiger partial charge in [-0.25, -0.2) is 4.79 Å². The molecular weight excluding hydrogens is 554 g/mol. The Labute approximate surface area is 231 Å². The molecule has 194 valence electrons. The number of halogens is 2. The smallest absolute Gasteiger partial charge is 0.337 e. The molecule has 5 nitrogen and oxygen atoms in total. The summed E-state index contributed by atoms with van der Waals surface area (Å²) in [5, 5.41) is 4.11. The Hall–Kier alpha value is -2.57. The van der Waals surface area contributed by atoms with Crippen LogP contribution in [0.15, 0.2) is 69.5 Å². The number of ketones is 1. The summed E-state index contributed by atoms with van der Waals surface area (Å²) in [6.07, 6.45) is 6.08. The minimum absolute atomic E-state index is 0.0427. The van der Waals surface area contributed by atoms with Crippen molar-refractivity contribution in [3.63, 3.8) is 0 Å². The minimum atomic E-state index is -0.506. The summed E-state index contributed by atoms with van der Waals surface area (Å²) in [5.74, 6) is -0.0677. The first kappa shape index (κ1) is 26.1. The molecule has 0 aromatic heterocycles. The van der Waals surface area contributed by atoms with E-state index in [0.29, 0.717) is 34.8 Å². The lowest BCUT2D eigenvalue weighted by Crippen LogP contribution is -2.37. The molecule has 1 heterocycles. The Morgan fingerprint density at radius 1 is 1.03 bits per heavy atom. The molecule has 0 radical (unpaired) electrons. The van der Waals surface area contributed by atoms with Crippen molar-refractivity contribution in [2.75, 3.05) is 7.11 Å². The predicted octanol–water partition coefficient (Wildman–Crippen LogP) is 7.35. The molecule has 37 heavy (non-hydrogen) atoms. The molecule has 1 N–H and O–H groups in total. The second-order valence-electron chi connectivity index (χ2n) is 10.1. The fraction of sp³-hybridized carbons (Fsp3) is 0.400. The molecule has 2 aliphatic carbocycles. The average molecular weight is 585 g/mol. The van der Waals surface area contributed by atoms with Crippen LogP contribution in [0, 0.1) is 0 Å². The van der Waals surface area contributed by atoms with Crippen LogP contribution in [0.5, 0.6) is 5.75 Å². The molecule has 2 unspecified atom stereocenters. The number of allylic oxidation sites excluding steroid dienone is 3. The molecule has 0 spiro atoms. The first-order valence-corrected chi connectivity index (χ1v) is 14.1. The van der Waals surface area contributed by atoms with E-state index in [2.05, 4.69) is 21.2 Å². The summed E-state index contributed by atoms with van der Waals surface area (Å²) in [6, 6.07) is 13.4.